The Labute approximate surface area is 135 Å². The van der Waals surface area contributed by atoms with Crippen molar-refractivity contribution < 1.29 is 5.21 Å². The lowest BCUT2D eigenvalue weighted by molar-refractivity contribution is 0.465. The molecule has 0 unspecified atom stereocenters. The van der Waals surface area contributed by atoms with Gasteiger partial charge in [0.1, 0.15) is 11.4 Å². The molecule has 116 valence electrons. The summed E-state index contributed by atoms with van der Waals surface area (Å²) in [5.41, 5.74) is 7.59. The van der Waals surface area contributed by atoms with Crippen LogP contribution in [0.5, 0.6) is 0 Å². The molecule has 0 aliphatic heterocycles. The minimum absolute atomic E-state index is 0.740. The Morgan fingerprint density at radius 3 is 2.61 bits per heavy atom. The number of fused-ring (bicyclic) bond motifs is 1. The van der Waals surface area contributed by atoms with Gasteiger partial charge in [0.25, 0.3) is 0 Å². The van der Waals surface area contributed by atoms with Crippen molar-refractivity contribution in [2.75, 3.05) is 0 Å². The highest BCUT2D eigenvalue weighted by molar-refractivity contribution is 5.76. The second-order valence-corrected chi connectivity index (χ2v) is 5.93. The fraction of sp³-hybridized carbons (Fsp3) is 0.263. The van der Waals surface area contributed by atoms with Gasteiger partial charge in [-0.2, -0.15) is 5.21 Å². The molecule has 1 N–H and O–H groups in total. The van der Waals surface area contributed by atoms with Crippen molar-refractivity contribution in [2.45, 2.75) is 34.2 Å². The van der Waals surface area contributed by atoms with Gasteiger partial charge >= 0.3 is 6.07 Å². The maximum atomic E-state index is 8.87. The maximum absolute atomic E-state index is 8.87. The SMILES string of the molecule is Cc1cc(C)c(Cn2c(C)nc3ccccc32)c(C)c1C#[N+]O. The number of hydrogen-bond donors (Lipinski definition) is 1. The van der Waals surface area contributed by atoms with Gasteiger partial charge < -0.3 is 4.57 Å². The Hall–Kier alpha value is -2.80. The molecule has 1 aromatic heterocycles. The third kappa shape index (κ3) is 2.55. The first-order chi connectivity index (χ1) is 11.0. The molecule has 0 aliphatic rings. The molecule has 0 saturated carbocycles. The Morgan fingerprint density at radius 1 is 1.13 bits per heavy atom. The monoisotopic (exact) mass is 306 g/mol. The van der Waals surface area contributed by atoms with Gasteiger partial charge in [-0.25, -0.2) is 4.98 Å². The van der Waals surface area contributed by atoms with Gasteiger partial charge in [0.05, 0.1) is 11.0 Å². The van der Waals surface area contributed by atoms with Crippen LogP contribution in [0.3, 0.4) is 0 Å². The van der Waals surface area contributed by atoms with Gasteiger partial charge in [0.15, 0.2) is 0 Å². The van der Waals surface area contributed by atoms with E-state index in [0.29, 0.717) is 0 Å². The summed E-state index contributed by atoms with van der Waals surface area (Å²) in [6.45, 7) is 8.95. The molecule has 4 nitrogen and oxygen atoms in total. The topological polar surface area (TPSA) is 42.4 Å². The van der Waals surface area contributed by atoms with Crippen molar-refractivity contribution in [1.29, 1.82) is 0 Å². The third-order valence-electron chi connectivity index (χ3n) is 4.45. The molecule has 1 heterocycles. The first-order valence-corrected chi connectivity index (χ1v) is 7.64. The van der Waals surface area contributed by atoms with E-state index in [1.165, 1.54) is 11.1 Å². The Morgan fingerprint density at radius 2 is 1.87 bits per heavy atom. The van der Waals surface area contributed by atoms with Crippen LogP contribution >= 0.6 is 0 Å². The predicted molar refractivity (Wildman–Crippen MR) is 92.4 cm³/mol. The summed E-state index contributed by atoms with van der Waals surface area (Å²) in [5.74, 6) is 0.993. The Bertz CT molecular complexity index is 958. The fourth-order valence-corrected chi connectivity index (χ4v) is 3.25. The smallest absolute Gasteiger partial charge is 0.324 e. The number of aromatic nitrogens is 2. The van der Waals surface area contributed by atoms with Gasteiger partial charge in [-0.1, -0.05) is 18.2 Å². The molecule has 3 aromatic rings. The van der Waals surface area contributed by atoms with Crippen molar-refractivity contribution in [3.8, 4) is 6.07 Å². The van der Waals surface area contributed by atoms with E-state index in [4.69, 9.17) is 5.21 Å². The summed E-state index contributed by atoms with van der Waals surface area (Å²) < 4.78 is 2.22. The molecule has 0 fully saturated rings. The molecule has 0 spiro atoms. The van der Waals surface area contributed by atoms with Gasteiger partial charge in [0, 0.05) is 6.54 Å². The number of aryl methyl sites for hydroxylation is 3. The number of benzene rings is 2. The number of hydrogen-bond acceptors (Lipinski definition) is 2. The third-order valence-corrected chi connectivity index (χ3v) is 4.45. The predicted octanol–water partition coefficient (Wildman–Crippen LogP) is 4.39. The van der Waals surface area contributed by atoms with Gasteiger partial charge in [-0.05, 0) is 62.1 Å². The lowest BCUT2D eigenvalue weighted by Crippen LogP contribution is -2.07. The minimum Gasteiger partial charge on any atom is -0.324 e. The van der Waals surface area contributed by atoms with Crippen LogP contribution < -0.4 is 0 Å². The standard InChI is InChI=1S/C19H19N3O/c1-12-9-13(2)17(14(3)16(12)10-20-23)11-22-15(4)21-18-7-5-6-8-19(18)22/h5-9H,11H2,1-4H3/p+1. The first kappa shape index (κ1) is 15.1. The number of imidazole rings is 1. The maximum Gasteiger partial charge on any atom is 0.388 e. The van der Waals surface area contributed by atoms with Gasteiger partial charge in [-0.3, -0.25) is 0 Å². The van der Waals surface area contributed by atoms with Crippen molar-refractivity contribution in [1.82, 2.24) is 9.55 Å². The summed E-state index contributed by atoms with van der Waals surface area (Å²) >= 11 is 0. The summed E-state index contributed by atoms with van der Waals surface area (Å²) in [4.78, 5) is 4.63. The van der Waals surface area contributed by atoms with E-state index in [1.807, 2.05) is 32.0 Å². The first-order valence-electron chi connectivity index (χ1n) is 7.64. The highest BCUT2D eigenvalue weighted by atomic mass is 16.4. The van der Waals surface area contributed by atoms with Crippen LogP contribution in [0, 0.1) is 33.8 Å². The van der Waals surface area contributed by atoms with Crippen molar-refractivity contribution in [3.63, 3.8) is 0 Å². The molecule has 23 heavy (non-hydrogen) atoms. The summed E-state index contributed by atoms with van der Waals surface area (Å²) in [6, 6.07) is 13.0. The molecule has 0 aliphatic carbocycles. The van der Waals surface area contributed by atoms with Gasteiger partial charge in [0.2, 0.25) is 5.01 Å². The van der Waals surface area contributed by atoms with Crippen LogP contribution in [0.1, 0.15) is 33.6 Å². The number of nitrogens with zero attached hydrogens (tertiary/aromatic N) is 3. The van der Waals surface area contributed by atoms with E-state index in [1.54, 1.807) is 0 Å². The van der Waals surface area contributed by atoms with Crippen LogP contribution in [-0.4, -0.2) is 14.8 Å². The Kier molecular flexibility index (Phi) is 3.79. The molecule has 0 bridgehead atoms. The lowest BCUT2D eigenvalue weighted by atomic mass is 9.94. The molecule has 2 aromatic carbocycles. The molecule has 0 amide bonds. The van der Waals surface area contributed by atoms with E-state index in [2.05, 4.69) is 46.6 Å². The lowest BCUT2D eigenvalue weighted by Gasteiger charge is -2.15. The second-order valence-electron chi connectivity index (χ2n) is 5.93. The highest BCUT2D eigenvalue weighted by Crippen LogP contribution is 2.25. The quantitative estimate of drug-likeness (QED) is 0.714. The highest BCUT2D eigenvalue weighted by Gasteiger charge is 2.16. The van der Waals surface area contributed by atoms with Gasteiger partial charge in [-0.15, -0.1) is 0 Å². The zero-order valence-electron chi connectivity index (χ0n) is 13.9. The van der Waals surface area contributed by atoms with E-state index in [-0.39, 0.29) is 0 Å². The minimum atomic E-state index is 0.740. The Balaban J connectivity index is 2.17. The van der Waals surface area contributed by atoms with Crippen LogP contribution in [0.25, 0.3) is 16.0 Å². The molecule has 3 rings (SSSR count). The fourth-order valence-electron chi connectivity index (χ4n) is 3.25. The van der Waals surface area contributed by atoms with Crippen LogP contribution in [0.4, 0.5) is 0 Å². The molecule has 0 saturated heterocycles. The summed E-state index contributed by atoms with van der Waals surface area (Å²) in [5, 5.41) is 12.0. The number of rotatable bonds is 2. The average molecular weight is 306 g/mol. The van der Waals surface area contributed by atoms with E-state index >= 15 is 0 Å². The van der Waals surface area contributed by atoms with Crippen LogP contribution in [-0.2, 0) is 6.54 Å². The normalized spacial score (nSPS) is 10.6. The van der Waals surface area contributed by atoms with Crippen molar-refractivity contribution in [2.24, 2.45) is 0 Å². The molecule has 0 radical (unpaired) electrons. The molecular weight excluding hydrogens is 286 g/mol. The van der Waals surface area contributed by atoms with E-state index < -0.39 is 0 Å². The van der Waals surface area contributed by atoms with E-state index in [0.717, 1.165) is 40.1 Å². The van der Waals surface area contributed by atoms with Crippen LogP contribution in [0.15, 0.2) is 30.3 Å². The molecule has 0 atom stereocenters. The van der Waals surface area contributed by atoms with Crippen molar-refractivity contribution in [3.05, 3.63) is 69.0 Å². The molecular formula is C19H20N3O+. The molecule has 4 heteroatoms. The number of para-hydroxylation sites is 2. The summed E-state index contributed by atoms with van der Waals surface area (Å²) in [6.07, 6.45) is 0. The van der Waals surface area contributed by atoms with E-state index in [9.17, 15) is 0 Å². The summed E-state index contributed by atoms with van der Waals surface area (Å²) in [7, 11) is 0. The van der Waals surface area contributed by atoms with Crippen molar-refractivity contribution >= 4 is 11.0 Å². The van der Waals surface area contributed by atoms with Crippen LogP contribution in [0.2, 0.25) is 0 Å². The largest absolute Gasteiger partial charge is 0.388 e. The second kappa shape index (κ2) is 5.77. The zero-order valence-corrected chi connectivity index (χ0v) is 13.9. The zero-order chi connectivity index (χ0) is 16.6. The average Bonchev–Trinajstić information content (AvgIpc) is 2.83.